The third kappa shape index (κ3) is 19.0. The quantitative estimate of drug-likeness (QED) is 0.0643. The molecule has 0 aliphatic carbocycles. The van der Waals surface area contributed by atoms with E-state index in [9.17, 15) is 22.6 Å². The van der Waals surface area contributed by atoms with Gasteiger partial charge in [-0.1, -0.05) is 23.4 Å². The van der Waals surface area contributed by atoms with Crippen LogP contribution in [0.5, 0.6) is 0 Å². The minimum absolute atomic E-state index is 0. The van der Waals surface area contributed by atoms with Gasteiger partial charge in [-0.2, -0.15) is 12.5 Å². The maximum Gasteiger partial charge on any atom is 1.00 e. The van der Waals surface area contributed by atoms with Gasteiger partial charge < -0.3 is 25.9 Å². The fourth-order valence-electron chi connectivity index (χ4n) is 3.31. The normalized spacial score (nSPS) is 9.81. The number of unbranched alkanes of at least 4 members (excludes halogenated alkanes) is 2. The Kier molecular flexibility index (Phi) is 26.0. The molecule has 0 spiro atoms. The van der Waals surface area contributed by atoms with Crippen LogP contribution < -0.4 is 99.2 Å². The van der Waals surface area contributed by atoms with Crippen LogP contribution in [-0.4, -0.2) is 62.4 Å². The van der Waals surface area contributed by atoms with Crippen LogP contribution in [0.4, 0.5) is 5.69 Å². The van der Waals surface area contributed by atoms with E-state index < -0.39 is 47.1 Å². The zero-order chi connectivity index (χ0) is 30.5. The Morgan fingerprint density at radius 3 is 2.07 bits per heavy atom. The summed E-state index contributed by atoms with van der Waals surface area (Å²) in [7, 11) is -10.8. The maximum atomic E-state index is 12.5. The van der Waals surface area contributed by atoms with E-state index in [-0.39, 0.29) is 106 Å². The minimum Gasteiger partial charge on any atom is -0.753 e. The molecule has 21 heteroatoms. The van der Waals surface area contributed by atoms with E-state index in [0.29, 0.717) is 41.7 Å². The monoisotopic (exact) mass is 705 g/mol. The second kappa shape index (κ2) is 23.8. The molecule has 0 saturated heterocycles. The predicted molar refractivity (Wildman–Crippen MR) is 140 cm³/mol. The molecule has 0 amide bonds. The summed E-state index contributed by atoms with van der Waals surface area (Å²) in [6.07, 6.45) is 3.08. The summed E-state index contributed by atoms with van der Waals surface area (Å²) in [5.41, 5.74) is 0.722. The number of carboxylic acids is 1. The Bertz CT molecular complexity index is 1670. The molecule has 0 atom stereocenters. The van der Waals surface area contributed by atoms with E-state index in [0.717, 1.165) is 31.1 Å². The molecule has 2 heterocycles. The first-order valence-electron chi connectivity index (χ1n) is 11.0. The number of carboxylic acid groups (broad SMARTS) is 1. The summed E-state index contributed by atoms with van der Waals surface area (Å²) in [6.45, 7) is 5.32. The number of rotatable bonds is 11. The van der Waals surface area contributed by atoms with E-state index in [1.54, 1.807) is 18.2 Å². The Labute approximate surface area is 321 Å². The van der Waals surface area contributed by atoms with Crippen LogP contribution >= 0.6 is 11.3 Å². The van der Waals surface area contributed by atoms with Gasteiger partial charge >= 0.3 is 116 Å². The van der Waals surface area contributed by atoms with Crippen LogP contribution in [0.15, 0.2) is 43.8 Å². The molecule has 14 nitrogen and oxygen atoms in total. The van der Waals surface area contributed by atoms with Crippen LogP contribution in [-0.2, 0) is 36.1 Å². The maximum absolute atomic E-state index is 12.5. The molecule has 0 saturated carbocycles. The molecule has 0 aliphatic heterocycles. The van der Waals surface area contributed by atoms with Crippen molar-refractivity contribution in [2.24, 2.45) is 0 Å². The third-order valence-electron chi connectivity index (χ3n) is 4.85. The second-order valence-corrected chi connectivity index (χ2v) is 11.1. The number of carbonyl (C=O) groups is 1. The summed E-state index contributed by atoms with van der Waals surface area (Å²) >= 11 is 0.677. The zero-order valence-corrected chi connectivity index (χ0v) is 32.7. The van der Waals surface area contributed by atoms with Gasteiger partial charge in [0.2, 0.25) is 0 Å². The zero-order valence-electron chi connectivity index (χ0n) is 23.5. The average Bonchev–Trinajstić information content (AvgIpc) is 3.32. The van der Waals surface area contributed by atoms with Gasteiger partial charge in [0.1, 0.15) is 5.58 Å². The van der Waals surface area contributed by atoms with Crippen molar-refractivity contribution in [1.82, 2.24) is 0 Å². The largest absolute Gasteiger partial charge is 1.00 e. The van der Waals surface area contributed by atoms with Crippen molar-refractivity contribution < 1.29 is 141 Å². The van der Waals surface area contributed by atoms with E-state index in [2.05, 4.69) is 17.9 Å². The van der Waals surface area contributed by atoms with Crippen LogP contribution in [0.2, 0.25) is 0 Å². The van der Waals surface area contributed by atoms with Crippen molar-refractivity contribution in [3.05, 3.63) is 53.7 Å². The van der Waals surface area contributed by atoms with Gasteiger partial charge in [0, 0.05) is 34.3 Å². The molecule has 220 valence electrons. The molecule has 0 fully saturated rings. The van der Waals surface area contributed by atoms with Gasteiger partial charge in [-0.05, 0) is 31.0 Å². The molecule has 3 aromatic rings. The molecule has 3 rings (SSSR count). The van der Waals surface area contributed by atoms with Gasteiger partial charge in [-0.25, -0.2) is 19.8 Å². The molecule has 0 radical (unpaired) electrons. The molecule has 0 aliphatic rings. The molecular weight excluding hydrogens is 683 g/mol. The summed E-state index contributed by atoms with van der Waals surface area (Å²) in [6, 6.07) is 10.8. The SMILES string of the molecule is O=S(=O)=O.O=S(=O)=O.[CH2-]CCN(CCCCCC(=O)O)c1ccc2cc(-c3[c-]cc(S(=O)(=O)[O-])s3)c(=O)oc2c1.[Na+].[Na+].[Na+]. The standard InChI is InChI=1S/C22H23NO7S2.3Na.2O3S/c1-2-11-23(12-5-3-4-6-20(24)25)16-8-7-15-13-17(22(26)30-18(15)14-16)19-9-10-21(31-19)32(27,28)29;;;;2*1-4(2)3/h7-8,10,13-14H,1-6,11-12H2,(H,24,25)(H,27,28,29);;;;;/q-2;3*+1;;/p-1. The number of nitrogens with zero attached hydrogens (tertiary/aromatic N) is 1. The summed E-state index contributed by atoms with van der Waals surface area (Å²) in [5.74, 6) is -0.797. The first-order valence-corrected chi connectivity index (χ1v) is 15.2. The van der Waals surface area contributed by atoms with E-state index in [1.807, 2.05) is 6.07 Å². The van der Waals surface area contributed by atoms with E-state index in [4.69, 9.17) is 34.8 Å². The number of thiophene rings is 1. The summed E-state index contributed by atoms with van der Waals surface area (Å²) in [5, 5.41) is 9.39. The van der Waals surface area contributed by atoms with Crippen molar-refractivity contribution in [2.75, 3.05) is 18.0 Å². The Hall–Kier alpha value is -0.450. The van der Waals surface area contributed by atoms with Gasteiger partial charge in [-0.15, -0.1) is 31.3 Å². The number of aliphatic carboxylic acids is 1. The topological polar surface area (TPSA) is 230 Å². The van der Waals surface area contributed by atoms with Crippen LogP contribution in [0.1, 0.15) is 32.1 Å². The molecule has 0 bridgehead atoms. The minimum atomic E-state index is -4.62. The number of hydrogen-bond donors (Lipinski definition) is 1. The number of benzene rings is 1. The number of anilines is 1. The summed E-state index contributed by atoms with van der Waals surface area (Å²) < 4.78 is 89.2. The fourth-order valence-corrected chi connectivity index (χ4v) is 4.86. The molecule has 2 aromatic heterocycles. The summed E-state index contributed by atoms with van der Waals surface area (Å²) in [4.78, 5) is 25.5. The van der Waals surface area contributed by atoms with Crippen molar-refractivity contribution in [3.63, 3.8) is 0 Å². The molecular formula is C22H22NNa3O13S4. The average molecular weight is 706 g/mol. The molecule has 43 heavy (non-hydrogen) atoms. The van der Waals surface area contributed by atoms with Crippen LogP contribution in [0.25, 0.3) is 21.4 Å². The van der Waals surface area contributed by atoms with Crippen LogP contribution in [0.3, 0.4) is 0 Å². The van der Waals surface area contributed by atoms with Crippen LogP contribution in [0, 0.1) is 13.0 Å². The second-order valence-electron chi connectivity index (χ2n) is 7.62. The van der Waals surface area contributed by atoms with Crippen molar-refractivity contribution in [2.45, 2.75) is 36.3 Å². The first-order chi connectivity index (χ1) is 18.6. The Morgan fingerprint density at radius 2 is 1.58 bits per heavy atom. The molecule has 1 aromatic carbocycles. The molecule has 0 unspecified atom stereocenters. The van der Waals surface area contributed by atoms with Crippen molar-refractivity contribution >= 4 is 65.3 Å². The molecule has 1 N–H and O–H groups in total. The van der Waals surface area contributed by atoms with Crippen molar-refractivity contribution in [3.8, 4) is 10.4 Å². The van der Waals surface area contributed by atoms with Gasteiger partial charge in [0.05, 0.1) is 10.1 Å². The van der Waals surface area contributed by atoms with Gasteiger partial charge in [-0.3, -0.25) is 9.59 Å². The first kappa shape index (κ1) is 47.0. The third-order valence-corrected chi connectivity index (χ3v) is 7.18. The fraction of sp³-hybridized carbons (Fsp3) is 0.318. The smallest absolute Gasteiger partial charge is 0.753 e. The van der Waals surface area contributed by atoms with Gasteiger partial charge in [0.25, 0.3) is 5.63 Å². The van der Waals surface area contributed by atoms with Gasteiger partial charge in [0.15, 0.2) is 0 Å². The predicted octanol–water partition coefficient (Wildman–Crippen LogP) is -7.09. The number of hydrogen-bond acceptors (Lipinski definition) is 14. The Balaban J connectivity index is -0.00000130. The Morgan fingerprint density at radius 1 is 1.00 bits per heavy atom. The van der Waals surface area contributed by atoms with E-state index >= 15 is 0 Å². The number of fused-ring (bicyclic) bond motifs is 1. The van der Waals surface area contributed by atoms with Crippen molar-refractivity contribution in [1.29, 1.82) is 0 Å². The van der Waals surface area contributed by atoms with E-state index in [1.165, 1.54) is 0 Å².